The number of carbonyl (C=O) groups is 1. The summed E-state index contributed by atoms with van der Waals surface area (Å²) in [6, 6.07) is 17.7. The molecule has 0 radical (unpaired) electrons. The molecule has 0 aliphatic carbocycles. The maximum atomic E-state index is 12.7. The minimum Gasteiger partial charge on any atom is -0.340 e. The Hall–Kier alpha value is -2.93. The summed E-state index contributed by atoms with van der Waals surface area (Å²) in [7, 11) is 0. The molecule has 1 fully saturated rings. The third kappa shape index (κ3) is 4.79. The maximum absolute atomic E-state index is 12.7. The Bertz CT molecular complexity index is 1030. The number of aromatic nitrogens is 2. The number of rotatable bonds is 4. The first-order valence-electron chi connectivity index (χ1n) is 9.97. The second kappa shape index (κ2) is 8.83. The van der Waals surface area contributed by atoms with Gasteiger partial charge in [0.15, 0.2) is 0 Å². The minimum absolute atomic E-state index is 0.0639. The van der Waals surface area contributed by atoms with Crippen LogP contribution in [0.4, 0.5) is 17.5 Å². The van der Waals surface area contributed by atoms with Gasteiger partial charge in [-0.25, -0.2) is 4.98 Å². The van der Waals surface area contributed by atoms with Gasteiger partial charge >= 0.3 is 0 Å². The molecule has 3 aromatic rings. The van der Waals surface area contributed by atoms with Gasteiger partial charge in [0, 0.05) is 53.7 Å². The van der Waals surface area contributed by atoms with Crippen molar-refractivity contribution < 1.29 is 4.79 Å². The quantitative estimate of drug-likeness (QED) is 0.611. The van der Waals surface area contributed by atoms with Gasteiger partial charge in [0.2, 0.25) is 5.95 Å². The summed E-state index contributed by atoms with van der Waals surface area (Å²) in [6.45, 7) is 6.74. The standard InChI is InChI=1S/C23H24BrN5O/c1-16-3-9-20(10-4-16)26-21-15-17(2)25-23(27-21)29-13-11-28(12-14-29)22(30)18-5-7-19(24)8-6-18/h3-10,15H,11-14H2,1-2H3,(H,25,26,27). The number of halogens is 1. The van der Waals surface area contributed by atoms with Crippen LogP contribution in [0.1, 0.15) is 21.6 Å². The molecule has 4 rings (SSSR count). The molecule has 0 atom stereocenters. The molecule has 154 valence electrons. The number of nitrogens with one attached hydrogen (secondary N) is 1. The molecule has 30 heavy (non-hydrogen) atoms. The lowest BCUT2D eigenvalue weighted by molar-refractivity contribution is 0.0746. The Morgan fingerprint density at radius 3 is 2.27 bits per heavy atom. The zero-order valence-corrected chi connectivity index (χ0v) is 18.7. The molecule has 1 aromatic heterocycles. The summed E-state index contributed by atoms with van der Waals surface area (Å²) >= 11 is 3.41. The number of carbonyl (C=O) groups excluding carboxylic acids is 1. The van der Waals surface area contributed by atoms with Crippen molar-refractivity contribution in [2.75, 3.05) is 36.4 Å². The number of hydrogen-bond donors (Lipinski definition) is 1. The fourth-order valence-corrected chi connectivity index (χ4v) is 3.69. The number of piperazine rings is 1. The molecule has 1 aliphatic heterocycles. The molecule has 7 heteroatoms. The molecule has 2 aromatic carbocycles. The molecule has 1 aliphatic rings. The number of nitrogens with zero attached hydrogens (tertiary/aromatic N) is 4. The lowest BCUT2D eigenvalue weighted by Crippen LogP contribution is -2.49. The zero-order chi connectivity index (χ0) is 21.1. The SMILES string of the molecule is Cc1ccc(Nc2cc(C)nc(N3CCN(C(=O)c4ccc(Br)cc4)CC3)n2)cc1. The average molecular weight is 466 g/mol. The Morgan fingerprint density at radius 1 is 0.933 bits per heavy atom. The monoisotopic (exact) mass is 465 g/mol. The first kappa shape index (κ1) is 20.3. The number of benzene rings is 2. The predicted molar refractivity (Wildman–Crippen MR) is 123 cm³/mol. The van der Waals surface area contributed by atoms with Crippen molar-refractivity contribution in [2.24, 2.45) is 0 Å². The van der Waals surface area contributed by atoms with Crippen LogP contribution in [0.25, 0.3) is 0 Å². The van der Waals surface area contributed by atoms with Gasteiger partial charge in [0.1, 0.15) is 5.82 Å². The van der Waals surface area contributed by atoms with Crippen LogP contribution in [0, 0.1) is 13.8 Å². The van der Waals surface area contributed by atoms with Gasteiger partial charge in [-0.15, -0.1) is 0 Å². The fraction of sp³-hybridized carbons (Fsp3) is 0.261. The largest absolute Gasteiger partial charge is 0.340 e. The Kier molecular flexibility index (Phi) is 5.99. The van der Waals surface area contributed by atoms with E-state index < -0.39 is 0 Å². The van der Waals surface area contributed by atoms with E-state index in [4.69, 9.17) is 4.98 Å². The van der Waals surface area contributed by atoms with Crippen molar-refractivity contribution in [3.8, 4) is 0 Å². The van der Waals surface area contributed by atoms with Crippen LogP contribution in [0.15, 0.2) is 59.1 Å². The molecule has 1 amide bonds. The van der Waals surface area contributed by atoms with Gasteiger partial charge in [0.25, 0.3) is 5.91 Å². The normalized spacial score (nSPS) is 14.0. The highest BCUT2D eigenvalue weighted by molar-refractivity contribution is 9.10. The molecule has 2 heterocycles. The number of aryl methyl sites for hydroxylation is 2. The van der Waals surface area contributed by atoms with E-state index in [9.17, 15) is 4.79 Å². The number of anilines is 3. The number of hydrogen-bond acceptors (Lipinski definition) is 5. The van der Waals surface area contributed by atoms with Crippen LogP contribution in [0.2, 0.25) is 0 Å². The van der Waals surface area contributed by atoms with Crippen LogP contribution >= 0.6 is 15.9 Å². The third-order valence-electron chi connectivity index (χ3n) is 5.11. The lowest BCUT2D eigenvalue weighted by Gasteiger charge is -2.35. The van der Waals surface area contributed by atoms with E-state index in [2.05, 4.69) is 50.2 Å². The van der Waals surface area contributed by atoms with Gasteiger partial charge < -0.3 is 15.1 Å². The lowest BCUT2D eigenvalue weighted by atomic mass is 10.2. The van der Waals surface area contributed by atoms with Crippen LogP contribution in [-0.2, 0) is 0 Å². The first-order chi connectivity index (χ1) is 14.5. The molecule has 6 nitrogen and oxygen atoms in total. The van der Waals surface area contributed by atoms with Gasteiger partial charge in [-0.1, -0.05) is 33.6 Å². The van der Waals surface area contributed by atoms with Crippen molar-refractivity contribution in [3.63, 3.8) is 0 Å². The predicted octanol–water partition coefficient (Wildman–Crippen LogP) is 4.56. The summed E-state index contributed by atoms with van der Waals surface area (Å²) in [5, 5.41) is 3.36. The average Bonchev–Trinajstić information content (AvgIpc) is 2.75. The van der Waals surface area contributed by atoms with Crippen molar-refractivity contribution in [1.82, 2.24) is 14.9 Å². The highest BCUT2D eigenvalue weighted by Gasteiger charge is 2.24. The second-order valence-corrected chi connectivity index (χ2v) is 8.39. The van der Waals surface area contributed by atoms with E-state index in [1.54, 1.807) is 0 Å². The topological polar surface area (TPSA) is 61.4 Å². The molecule has 0 saturated carbocycles. The van der Waals surface area contributed by atoms with Gasteiger partial charge in [-0.05, 0) is 50.2 Å². The summed E-state index contributed by atoms with van der Waals surface area (Å²) in [6.07, 6.45) is 0. The van der Waals surface area contributed by atoms with E-state index in [-0.39, 0.29) is 5.91 Å². The highest BCUT2D eigenvalue weighted by atomic mass is 79.9. The van der Waals surface area contributed by atoms with Gasteiger partial charge in [-0.3, -0.25) is 4.79 Å². The number of amides is 1. The van der Waals surface area contributed by atoms with Gasteiger partial charge in [0.05, 0.1) is 0 Å². The zero-order valence-electron chi connectivity index (χ0n) is 17.1. The van der Waals surface area contributed by atoms with Crippen molar-refractivity contribution in [1.29, 1.82) is 0 Å². The van der Waals surface area contributed by atoms with Crippen molar-refractivity contribution in [3.05, 3.63) is 75.9 Å². The van der Waals surface area contributed by atoms with Crippen LogP contribution < -0.4 is 10.2 Å². The Labute approximate surface area is 185 Å². The van der Waals surface area contributed by atoms with E-state index in [1.807, 2.05) is 54.3 Å². The maximum Gasteiger partial charge on any atom is 0.253 e. The second-order valence-electron chi connectivity index (χ2n) is 7.47. The summed E-state index contributed by atoms with van der Waals surface area (Å²) in [4.78, 5) is 26.1. The molecule has 0 unspecified atom stereocenters. The molecular weight excluding hydrogens is 442 g/mol. The Morgan fingerprint density at radius 2 is 1.60 bits per heavy atom. The van der Waals surface area contributed by atoms with Crippen LogP contribution in [0.5, 0.6) is 0 Å². The Balaban J connectivity index is 1.42. The van der Waals surface area contributed by atoms with E-state index in [1.165, 1.54) is 5.56 Å². The molecule has 1 saturated heterocycles. The summed E-state index contributed by atoms with van der Waals surface area (Å²) in [5.74, 6) is 1.53. The molecular formula is C23H24BrN5O. The minimum atomic E-state index is 0.0639. The van der Waals surface area contributed by atoms with Gasteiger partial charge in [-0.2, -0.15) is 4.98 Å². The summed E-state index contributed by atoms with van der Waals surface area (Å²) < 4.78 is 0.968. The fourth-order valence-electron chi connectivity index (χ4n) is 3.43. The highest BCUT2D eigenvalue weighted by Crippen LogP contribution is 2.20. The van der Waals surface area contributed by atoms with Crippen molar-refractivity contribution >= 4 is 39.3 Å². The van der Waals surface area contributed by atoms with E-state index >= 15 is 0 Å². The molecule has 0 spiro atoms. The van der Waals surface area contributed by atoms with Crippen LogP contribution in [-0.4, -0.2) is 47.0 Å². The summed E-state index contributed by atoms with van der Waals surface area (Å²) in [5.41, 5.74) is 3.83. The van der Waals surface area contributed by atoms with E-state index in [0.29, 0.717) is 37.7 Å². The molecule has 1 N–H and O–H groups in total. The third-order valence-corrected chi connectivity index (χ3v) is 5.64. The smallest absolute Gasteiger partial charge is 0.253 e. The van der Waals surface area contributed by atoms with E-state index in [0.717, 1.165) is 21.7 Å². The molecule has 0 bridgehead atoms. The van der Waals surface area contributed by atoms with Crippen LogP contribution in [0.3, 0.4) is 0 Å². The first-order valence-corrected chi connectivity index (χ1v) is 10.8. The van der Waals surface area contributed by atoms with Crippen molar-refractivity contribution in [2.45, 2.75) is 13.8 Å².